The monoisotopic (exact) mass is 330 g/mol. The molecule has 128 valence electrons. The van der Waals surface area contributed by atoms with Crippen molar-refractivity contribution >= 4 is 11.8 Å². The van der Waals surface area contributed by atoms with Gasteiger partial charge in [-0.05, 0) is 25.2 Å². The number of aromatic nitrogens is 1. The number of aromatic carboxylic acids is 1. The molecule has 1 aromatic heterocycles. The molecule has 0 spiro atoms. The van der Waals surface area contributed by atoms with Crippen molar-refractivity contribution in [2.24, 2.45) is 5.92 Å². The third kappa shape index (κ3) is 3.43. The number of piperidine rings is 1. The van der Waals surface area contributed by atoms with Gasteiger partial charge in [0.25, 0.3) is 0 Å². The largest absolute Gasteiger partial charge is 0.477 e. The Morgan fingerprint density at radius 3 is 2.92 bits per heavy atom. The normalized spacial score (nSPS) is 17.9. The van der Waals surface area contributed by atoms with Gasteiger partial charge in [0.05, 0.1) is 0 Å². The first-order chi connectivity index (χ1) is 11.7. The van der Waals surface area contributed by atoms with Crippen molar-refractivity contribution in [3.8, 4) is 11.3 Å². The first-order valence-electron chi connectivity index (χ1n) is 8.23. The van der Waals surface area contributed by atoms with Crippen molar-refractivity contribution in [1.82, 2.24) is 5.16 Å². The van der Waals surface area contributed by atoms with Crippen molar-refractivity contribution in [2.75, 3.05) is 31.7 Å². The van der Waals surface area contributed by atoms with Crippen LogP contribution in [0.25, 0.3) is 11.3 Å². The summed E-state index contributed by atoms with van der Waals surface area (Å²) in [7, 11) is 1.70. The van der Waals surface area contributed by atoms with Gasteiger partial charge < -0.3 is 19.3 Å². The maximum atomic E-state index is 11.8. The van der Waals surface area contributed by atoms with Crippen molar-refractivity contribution < 1.29 is 19.2 Å². The van der Waals surface area contributed by atoms with Crippen LogP contribution in [0.1, 0.15) is 29.6 Å². The first-order valence-corrected chi connectivity index (χ1v) is 8.23. The second-order valence-electron chi connectivity index (χ2n) is 6.12. The van der Waals surface area contributed by atoms with Crippen molar-refractivity contribution in [1.29, 1.82) is 0 Å². The minimum atomic E-state index is -1.01. The zero-order valence-electron chi connectivity index (χ0n) is 13.8. The Bertz CT molecular complexity index is 684. The van der Waals surface area contributed by atoms with E-state index in [1.54, 1.807) is 7.11 Å². The second-order valence-corrected chi connectivity index (χ2v) is 6.12. The highest BCUT2D eigenvalue weighted by atomic mass is 16.5. The molecule has 0 radical (unpaired) electrons. The zero-order chi connectivity index (χ0) is 16.9. The third-order valence-electron chi connectivity index (χ3n) is 4.47. The molecule has 0 aliphatic carbocycles. The number of hydrogen-bond donors (Lipinski definition) is 1. The van der Waals surface area contributed by atoms with Crippen LogP contribution in [0.2, 0.25) is 0 Å². The Kier molecular flexibility index (Phi) is 5.15. The summed E-state index contributed by atoms with van der Waals surface area (Å²) in [6, 6.07) is 9.24. The molecule has 2 aromatic rings. The number of methoxy groups -OCH3 is 1. The minimum Gasteiger partial charge on any atom is -0.477 e. The molecule has 1 atom stereocenters. The van der Waals surface area contributed by atoms with Gasteiger partial charge in [-0.3, -0.25) is 0 Å². The summed E-state index contributed by atoms with van der Waals surface area (Å²) < 4.78 is 10.6. The third-order valence-corrected chi connectivity index (χ3v) is 4.47. The van der Waals surface area contributed by atoms with E-state index in [2.05, 4.69) is 5.16 Å². The van der Waals surface area contributed by atoms with Crippen LogP contribution in [0.4, 0.5) is 5.82 Å². The maximum Gasteiger partial charge on any atom is 0.343 e. The Labute approximate surface area is 141 Å². The van der Waals surface area contributed by atoms with Gasteiger partial charge in [-0.2, -0.15) is 0 Å². The zero-order valence-corrected chi connectivity index (χ0v) is 13.8. The molecular weight excluding hydrogens is 308 g/mol. The van der Waals surface area contributed by atoms with Gasteiger partial charge in [0.15, 0.2) is 17.1 Å². The van der Waals surface area contributed by atoms with Crippen LogP contribution < -0.4 is 4.90 Å². The maximum absolute atomic E-state index is 11.8. The van der Waals surface area contributed by atoms with E-state index in [4.69, 9.17) is 9.26 Å². The lowest BCUT2D eigenvalue weighted by Crippen LogP contribution is -2.36. The Morgan fingerprint density at radius 2 is 2.21 bits per heavy atom. The fourth-order valence-electron chi connectivity index (χ4n) is 3.25. The predicted molar refractivity (Wildman–Crippen MR) is 90.3 cm³/mol. The van der Waals surface area contributed by atoms with Gasteiger partial charge >= 0.3 is 5.97 Å². The smallest absolute Gasteiger partial charge is 0.343 e. The summed E-state index contributed by atoms with van der Waals surface area (Å²) in [5.74, 6) is 0.224. The van der Waals surface area contributed by atoms with Crippen LogP contribution in [-0.2, 0) is 4.74 Å². The predicted octanol–water partition coefficient (Wildman–Crippen LogP) is 3.29. The molecule has 1 N–H and O–H groups in total. The number of benzene rings is 1. The Balaban J connectivity index is 1.88. The second kappa shape index (κ2) is 7.49. The average Bonchev–Trinajstić information content (AvgIpc) is 3.06. The van der Waals surface area contributed by atoms with Gasteiger partial charge in [0.2, 0.25) is 0 Å². The van der Waals surface area contributed by atoms with Crippen LogP contribution in [0.5, 0.6) is 0 Å². The molecular formula is C18H22N2O4. The number of hydrogen-bond acceptors (Lipinski definition) is 5. The minimum absolute atomic E-state index is 0.147. The lowest BCUT2D eigenvalue weighted by atomic mass is 9.95. The van der Waals surface area contributed by atoms with E-state index >= 15 is 0 Å². The number of rotatable bonds is 6. The van der Waals surface area contributed by atoms with Crippen molar-refractivity contribution in [3.63, 3.8) is 0 Å². The number of carboxylic acids is 1. The van der Waals surface area contributed by atoms with Gasteiger partial charge in [-0.25, -0.2) is 4.79 Å². The molecule has 1 fully saturated rings. The van der Waals surface area contributed by atoms with E-state index in [0.29, 0.717) is 17.5 Å². The molecule has 6 heteroatoms. The van der Waals surface area contributed by atoms with E-state index in [9.17, 15) is 9.90 Å². The topological polar surface area (TPSA) is 75.8 Å². The Morgan fingerprint density at radius 1 is 1.42 bits per heavy atom. The number of carboxylic acid groups (broad SMARTS) is 1. The standard InChI is InChI=1S/C18H22N2O4/c1-23-11-9-13-6-5-10-20(12-13)17-15(18(21)22)16(24-19-17)14-7-3-2-4-8-14/h2-4,7-8,13H,5-6,9-12H2,1H3,(H,21,22). The van der Waals surface area contributed by atoms with Gasteiger partial charge in [-0.15, -0.1) is 0 Å². The highest BCUT2D eigenvalue weighted by Crippen LogP contribution is 2.33. The van der Waals surface area contributed by atoms with Gasteiger partial charge in [-0.1, -0.05) is 35.5 Å². The summed E-state index contributed by atoms with van der Waals surface area (Å²) in [5.41, 5.74) is 0.871. The molecule has 24 heavy (non-hydrogen) atoms. The lowest BCUT2D eigenvalue weighted by molar-refractivity contribution is 0.0697. The Hall–Kier alpha value is -2.34. The fourth-order valence-corrected chi connectivity index (χ4v) is 3.25. The molecule has 0 saturated carbocycles. The van der Waals surface area contributed by atoms with E-state index in [1.165, 1.54) is 0 Å². The molecule has 1 aliphatic rings. The molecule has 3 rings (SSSR count). The van der Waals surface area contributed by atoms with E-state index < -0.39 is 5.97 Å². The summed E-state index contributed by atoms with van der Waals surface area (Å²) in [6.45, 7) is 2.30. The molecule has 1 aliphatic heterocycles. The van der Waals surface area contributed by atoms with E-state index in [1.807, 2.05) is 35.2 Å². The van der Waals surface area contributed by atoms with Crippen molar-refractivity contribution in [3.05, 3.63) is 35.9 Å². The van der Waals surface area contributed by atoms with Crippen LogP contribution in [-0.4, -0.2) is 43.0 Å². The number of carbonyl (C=O) groups is 1. The SMILES string of the molecule is COCCC1CCCN(c2noc(-c3ccccc3)c2C(=O)O)C1. The summed E-state index contributed by atoms with van der Waals surface area (Å²) >= 11 is 0. The molecule has 6 nitrogen and oxygen atoms in total. The number of ether oxygens (including phenoxy) is 1. The fraction of sp³-hybridized carbons (Fsp3) is 0.444. The molecule has 1 aromatic carbocycles. The molecule has 0 amide bonds. The average molecular weight is 330 g/mol. The summed E-state index contributed by atoms with van der Waals surface area (Å²) in [5, 5.41) is 13.8. The molecule has 1 unspecified atom stereocenters. The highest BCUT2D eigenvalue weighted by Gasteiger charge is 2.30. The highest BCUT2D eigenvalue weighted by molar-refractivity contribution is 5.99. The summed E-state index contributed by atoms with van der Waals surface area (Å²) in [6.07, 6.45) is 3.12. The van der Waals surface area contributed by atoms with Crippen LogP contribution in [0, 0.1) is 5.92 Å². The number of nitrogens with zero attached hydrogens (tertiary/aromatic N) is 2. The molecule has 1 saturated heterocycles. The molecule has 0 bridgehead atoms. The van der Waals surface area contributed by atoms with Crippen LogP contribution in [0.3, 0.4) is 0 Å². The van der Waals surface area contributed by atoms with Crippen LogP contribution in [0.15, 0.2) is 34.9 Å². The van der Waals surface area contributed by atoms with Gasteiger partial charge in [0.1, 0.15) is 0 Å². The molecule has 2 heterocycles. The summed E-state index contributed by atoms with van der Waals surface area (Å²) in [4.78, 5) is 13.9. The van der Waals surface area contributed by atoms with E-state index in [-0.39, 0.29) is 5.56 Å². The van der Waals surface area contributed by atoms with Gasteiger partial charge in [0, 0.05) is 32.4 Å². The lowest BCUT2D eigenvalue weighted by Gasteiger charge is -2.32. The number of anilines is 1. The van der Waals surface area contributed by atoms with Crippen LogP contribution >= 0.6 is 0 Å². The first kappa shape index (κ1) is 16.5. The quantitative estimate of drug-likeness (QED) is 0.876. The van der Waals surface area contributed by atoms with Crippen molar-refractivity contribution in [2.45, 2.75) is 19.3 Å². The van der Waals surface area contributed by atoms with E-state index in [0.717, 1.165) is 44.5 Å².